The Balaban J connectivity index is 1.33. The van der Waals surface area contributed by atoms with Gasteiger partial charge in [0.25, 0.3) is 0 Å². The van der Waals surface area contributed by atoms with E-state index < -0.39 is 0 Å². The van der Waals surface area contributed by atoms with Gasteiger partial charge in [-0.25, -0.2) is 9.97 Å². The Hall–Kier alpha value is -2.85. The van der Waals surface area contributed by atoms with Crippen LogP contribution in [0.5, 0.6) is 0 Å². The fourth-order valence-electron chi connectivity index (χ4n) is 4.42. The molecule has 2 aliphatic heterocycles. The number of ether oxygens (including phenoxy) is 1. The molecule has 2 aliphatic rings. The third kappa shape index (κ3) is 5.22. The van der Waals surface area contributed by atoms with E-state index in [9.17, 15) is 0 Å². The van der Waals surface area contributed by atoms with Gasteiger partial charge in [0.05, 0.1) is 30.5 Å². The molecule has 0 unspecified atom stereocenters. The predicted molar refractivity (Wildman–Crippen MR) is 130 cm³/mol. The third-order valence-electron chi connectivity index (χ3n) is 6.27. The van der Waals surface area contributed by atoms with Gasteiger partial charge in [0, 0.05) is 76.0 Å². The number of nitrogens with one attached hydrogen (secondary N) is 2. The molecule has 9 nitrogen and oxygen atoms in total. The van der Waals surface area contributed by atoms with Crippen LogP contribution in [-0.2, 0) is 4.74 Å². The summed E-state index contributed by atoms with van der Waals surface area (Å²) in [5, 5.41) is 15.9. The monoisotopic (exact) mass is 449 g/mol. The summed E-state index contributed by atoms with van der Waals surface area (Å²) in [6.45, 7) is 7.97. The van der Waals surface area contributed by atoms with Crippen molar-refractivity contribution in [3.63, 3.8) is 0 Å². The molecular formula is C24H31N7O2. The second kappa shape index (κ2) is 10.4. The van der Waals surface area contributed by atoms with Crippen LogP contribution in [0.3, 0.4) is 0 Å². The first kappa shape index (κ1) is 22.0. The van der Waals surface area contributed by atoms with Crippen LogP contribution in [0.2, 0.25) is 0 Å². The minimum absolute atomic E-state index is 0.105. The van der Waals surface area contributed by atoms with Gasteiger partial charge >= 0.3 is 0 Å². The largest absolute Gasteiger partial charge is 0.395 e. The van der Waals surface area contributed by atoms with E-state index in [1.54, 1.807) is 12.4 Å². The van der Waals surface area contributed by atoms with E-state index >= 15 is 0 Å². The number of benzene rings is 1. The molecule has 1 aromatic carbocycles. The van der Waals surface area contributed by atoms with Gasteiger partial charge in [-0.3, -0.25) is 9.88 Å². The molecule has 0 radical (unpaired) electrons. The number of anilines is 2. The fourth-order valence-corrected chi connectivity index (χ4v) is 4.42. The maximum Gasteiger partial charge on any atom is 0.154 e. The lowest BCUT2D eigenvalue weighted by Crippen LogP contribution is -2.47. The molecule has 2 saturated heterocycles. The topological polar surface area (TPSA) is 98.7 Å². The van der Waals surface area contributed by atoms with Gasteiger partial charge in [0.1, 0.15) is 5.52 Å². The van der Waals surface area contributed by atoms with Gasteiger partial charge < -0.3 is 25.4 Å². The highest BCUT2D eigenvalue weighted by atomic mass is 16.5. The summed E-state index contributed by atoms with van der Waals surface area (Å²) < 4.78 is 5.81. The fraction of sp³-hybridized carbons (Fsp3) is 0.458. The van der Waals surface area contributed by atoms with Gasteiger partial charge in [-0.15, -0.1) is 0 Å². The number of morpholine rings is 1. The van der Waals surface area contributed by atoms with Crippen molar-refractivity contribution in [2.45, 2.75) is 6.10 Å². The molecule has 9 heteroatoms. The van der Waals surface area contributed by atoms with Crippen LogP contribution < -0.4 is 15.5 Å². The number of hydrogen-bond donors (Lipinski definition) is 3. The number of fused-ring (bicyclic) bond motifs is 1. The summed E-state index contributed by atoms with van der Waals surface area (Å²) in [5.74, 6) is 0.730. The molecule has 0 bridgehead atoms. The van der Waals surface area contributed by atoms with E-state index in [0.29, 0.717) is 6.54 Å². The van der Waals surface area contributed by atoms with Gasteiger partial charge in [-0.05, 0) is 18.2 Å². The lowest BCUT2D eigenvalue weighted by Gasteiger charge is -2.35. The summed E-state index contributed by atoms with van der Waals surface area (Å²) in [4.78, 5) is 18.6. The van der Waals surface area contributed by atoms with E-state index in [4.69, 9.17) is 14.8 Å². The summed E-state index contributed by atoms with van der Waals surface area (Å²) in [6.07, 6.45) is 3.51. The normalized spacial score (nSPS) is 19.7. The number of pyridine rings is 1. The number of aliphatic hydroxyl groups excluding tert-OH is 1. The van der Waals surface area contributed by atoms with Crippen LogP contribution in [0.1, 0.15) is 0 Å². The molecule has 4 heterocycles. The van der Waals surface area contributed by atoms with Crippen LogP contribution in [0.4, 0.5) is 11.5 Å². The molecule has 2 aromatic heterocycles. The second-order valence-corrected chi connectivity index (χ2v) is 8.46. The van der Waals surface area contributed by atoms with Crippen LogP contribution in [0.15, 0.2) is 42.7 Å². The molecule has 1 atom stereocenters. The lowest BCUT2D eigenvalue weighted by molar-refractivity contribution is 0.0372. The number of rotatable bonds is 7. The van der Waals surface area contributed by atoms with E-state index in [1.807, 2.05) is 6.07 Å². The van der Waals surface area contributed by atoms with Crippen LogP contribution >= 0.6 is 0 Å². The average Bonchev–Trinajstić information content (AvgIpc) is 2.88. The zero-order valence-corrected chi connectivity index (χ0v) is 18.8. The Bertz CT molecular complexity index is 1050. The molecule has 0 aliphatic carbocycles. The molecule has 33 heavy (non-hydrogen) atoms. The maximum atomic E-state index is 9.14. The molecule has 3 aromatic rings. The summed E-state index contributed by atoms with van der Waals surface area (Å²) in [7, 11) is 0. The van der Waals surface area contributed by atoms with Crippen molar-refractivity contribution in [2.75, 3.05) is 75.8 Å². The Morgan fingerprint density at radius 3 is 2.67 bits per heavy atom. The first-order valence-corrected chi connectivity index (χ1v) is 11.7. The van der Waals surface area contributed by atoms with Crippen molar-refractivity contribution < 1.29 is 9.84 Å². The van der Waals surface area contributed by atoms with Crippen LogP contribution in [0.25, 0.3) is 22.3 Å². The Kier molecular flexibility index (Phi) is 6.92. The highest BCUT2D eigenvalue weighted by Crippen LogP contribution is 2.27. The molecular weight excluding hydrogens is 418 g/mol. The number of nitrogens with zero attached hydrogens (tertiary/aromatic N) is 5. The molecule has 0 spiro atoms. The minimum Gasteiger partial charge on any atom is -0.395 e. The van der Waals surface area contributed by atoms with Gasteiger partial charge in [-0.1, -0.05) is 12.1 Å². The number of hydrogen-bond acceptors (Lipinski definition) is 9. The molecule has 174 valence electrons. The van der Waals surface area contributed by atoms with Crippen LogP contribution in [0, 0.1) is 0 Å². The first-order valence-electron chi connectivity index (χ1n) is 11.7. The standard InChI is InChI=1S/C24H31N7O2/c32-13-12-30-8-10-31(11-9-30)19-3-1-18(2-4-19)21-15-22-23(27-6-5-26-22)24(29-21)28-17-20-16-25-7-14-33-20/h1-6,15,20,25,32H,7-14,16-17H2,(H,28,29)/t20-/m0/s1. The minimum atomic E-state index is 0.105. The maximum absolute atomic E-state index is 9.14. The molecule has 0 saturated carbocycles. The van der Waals surface area contributed by atoms with Crippen molar-refractivity contribution in [2.24, 2.45) is 0 Å². The highest BCUT2D eigenvalue weighted by Gasteiger charge is 2.18. The quantitative estimate of drug-likeness (QED) is 0.491. The number of piperazine rings is 1. The van der Waals surface area contributed by atoms with Crippen molar-refractivity contribution in [1.29, 1.82) is 0 Å². The van der Waals surface area contributed by atoms with Crippen LogP contribution in [-0.4, -0.2) is 96.6 Å². The lowest BCUT2D eigenvalue weighted by atomic mass is 10.1. The molecule has 2 fully saturated rings. The van der Waals surface area contributed by atoms with E-state index in [-0.39, 0.29) is 12.7 Å². The Morgan fingerprint density at radius 1 is 1.09 bits per heavy atom. The van der Waals surface area contributed by atoms with Crippen molar-refractivity contribution >= 4 is 22.5 Å². The predicted octanol–water partition coefficient (Wildman–Crippen LogP) is 1.21. The zero-order chi connectivity index (χ0) is 22.5. The average molecular weight is 450 g/mol. The second-order valence-electron chi connectivity index (χ2n) is 8.46. The van der Waals surface area contributed by atoms with Crippen molar-refractivity contribution in [1.82, 2.24) is 25.2 Å². The molecule has 3 N–H and O–H groups in total. The molecule has 0 amide bonds. The van der Waals surface area contributed by atoms with E-state index in [0.717, 1.165) is 80.5 Å². The number of aliphatic hydroxyl groups is 1. The van der Waals surface area contributed by atoms with Gasteiger partial charge in [-0.2, -0.15) is 0 Å². The highest BCUT2D eigenvalue weighted by molar-refractivity contribution is 5.88. The SMILES string of the molecule is OCCN1CCN(c2ccc(-c3cc4nccnc4c(NC[C@@H]4CNCCO4)n3)cc2)CC1. The smallest absolute Gasteiger partial charge is 0.154 e. The van der Waals surface area contributed by atoms with Crippen molar-refractivity contribution in [3.8, 4) is 11.3 Å². The Morgan fingerprint density at radius 2 is 1.91 bits per heavy atom. The van der Waals surface area contributed by atoms with Gasteiger partial charge in [0.2, 0.25) is 0 Å². The van der Waals surface area contributed by atoms with Gasteiger partial charge in [0.15, 0.2) is 5.82 Å². The number of aromatic nitrogens is 3. The summed E-state index contributed by atoms with van der Waals surface area (Å²) >= 11 is 0. The zero-order valence-electron chi connectivity index (χ0n) is 18.8. The number of β-amino-alcohol motifs (C(OH)–C–C–N with tert-alkyl or cyclic N) is 1. The van der Waals surface area contributed by atoms with E-state index in [1.165, 1.54) is 5.69 Å². The molecule has 5 rings (SSSR count). The van der Waals surface area contributed by atoms with Crippen molar-refractivity contribution in [3.05, 3.63) is 42.7 Å². The first-order chi connectivity index (χ1) is 16.3. The summed E-state index contributed by atoms with van der Waals surface area (Å²) in [5.41, 5.74) is 4.71. The third-order valence-corrected chi connectivity index (χ3v) is 6.27. The summed E-state index contributed by atoms with van der Waals surface area (Å²) in [6, 6.07) is 10.6. The van der Waals surface area contributed by atoms with E-state index in [2.05, 4.69) is 54.7 Å². The Labute approximate surface area is 193 Å².